The van der Waals surface area contributed by atoms with Gasteiger partial charge in [0.2, 0.25) is 0 Å². The highest BCUT2D eigenvalue weighted by atomic mass is 32.1. The first-order valence-electron chi connectivity index (χ1n) is 8.44. The van der Waals surface area contributed by atoms with Crippen LogP contribution in [-0.2, 0) is 6.54 Å². The summed E-state index contributed by atoms with van der Waals surface area (Å²) in [6.45, 7) is 2.30. The molecule has 6 heteroatoms. The molecule has 4 rings (SSSR count). The normalized spacial score (nSPS) is 10.9. The number of hydrogen-bond acceptors (Lipinski definition) is 4. The molecule has 2 aromatic heterocycles. The molecule has 134 valence electrons. The fourth-order valence-corrected chi connectivity index (χ4v) is 3.91. The Balaban J connectivity index is 1.79. The number of hydrogen-bond donors (Lipinski definition) is 0. The van der Waals surface area contributed by atoms with Crippen LogP contribution in [0.2, 0.25) is 0 Å². The summed E-state index contributed by atoms with van der Waals surface area (Å²) in [6.07, 6.45) is 3.40. The molecule has 4 aromatic rings. The fraction of sp³-hybridized carbons (Fsp3) is 0.0952. The maximum atomic E-state index is 13.6. The number of amides is 1. The highest BCUT2D eigenvalue weighted by Gasteiger charge is 2.22. The van der Waals surface area contributed by atoms with Gasteiger partial charge in [0.15, 0.2) is 5.13 Å². The van der Waals surface area contributed by atoms with E-state index in [1.165, 1.54) is 29.5 Å². The Morgan fingerprint density at radius 2 is 2.00 bits per heavy atom. The first-order valence-corrected chi connectivity index (χ1v) is 9.26. The van der Waals surface area contributed by atoms with E-state index in [1.807, 2.05) is 37.3 Å². The van der Waals surface area contributed by atoms with E-state index in [0.29, 0.717) is 11.7 Å². The Morgan fingerprint density at radius 1 is 1.15 bits per heavy atom. The molecule has 4 nitrogen and oxygen atoms in total. The molecule has 0 spiro atoms. The van der Waals surface area contributed by atoms with E-state index in [0.717, 1.165) is 21.3 Å². The number of halogens is 1. The first kappa shape index (κ1) is 17.3. The maximum Gasteiger partial charge on any atom is 0.260 e. The third-order valence-electron chi connectivity index (χ3n) is 4.22. The van der Waals surface area contributed by atoms with Crippen LogP contribution < -0.4 is 4.90 Å². The molecule has 0 saturated carbocycles. The zero-order valence-corrected chi connectivity index (χ0v) is 15.4. The molecular formula is C21H16FN3OS. The topological polar surface area (TPSA) is 46.1 Å². The second kappa shape index (κ2) is 7.25. The van der Waals surface area contributed by atoms with Crippen LogP contribution in [0.15, 0.2) is 67.0 Å². The Labute approximate surface area is 159 Å². The van der Waals surface area contributed by atoms with E-state index in [2.05, 4.69) is 9.97 Å². The van der Waals surface area contributed by atoms with Gasteiger partial charge in [-0.05, 0) is 48.4 Å². The van der Waals surface area contributed by atoms with Crippen molar-refractivity contribution in [1.82, 2.24) is 9.97 Å². The van der Waals surface area contributed by atoms with Gasteiger partial charge in [-0.2, -0.15) is 0 Å². The van der Waals surface area contributed by atoms with Gasteiger partial charge in [-0.1, -0.05) is 35.6 Å². The number of pyridine rings is 1. The number of rotatable bonds is 4. The number of nitrogens with zero attached hydrogens (tertiary/aromatic N) is 3. The summed E-state index contributed by atoms with van der Waals surface area (Å²) >= 11 is 1.45. The maximum absolute atomic E-state index is 13.6. The summed E-state index contributed by atoms with van der Waals surface area (Å²) in [5.41, 5.74) is 3.09. The monoisotopic (exact) mass is 377 g/mol. The first-order chi connectivity index (χ1) is 13.1. The molecule has 0 aliphatic carbocycles. The summed E-state index contributed by atoms with van der Waals surface area (Å²) in [7, 11) is 0. The largest absolute Gasteiger partial charge is 0.279 e. The average Bonchev–Trinajstić information content (AvgIpc) is 3.12. The van der Waals surface area contributed by atoms with E-state index in [9.17, 15) is 9.18 Å². The highest BCUT2D eigenvalue weighted by Crippen LogP contribution is 2.32. The molecule has 0 bridgehead atoms. The molecule has 0 aliphatic rings. The van der Waals surface area contributed by atoms with Crippen molar-refractivity contribution in [2.75, 3.05) is 4.90 Å². The van der Waals surface area contributed by atoms with Gasteiger partial charge in [0.05, 0.1) is 16.8 Å². The average molecular weight is 377 g/mol. The number of thiazole rings is 1. The van der Waals surface area contributed by atoms with Crippen molar-refractivity contribution in [2.45, 2.75) is 13.5 Å². The van der Waals surface area contributed by atoms with Crippen LogP contribution in [0.3, 0.4) is 0 Å². The van der Waals surface area contributed by atoms with E-state index >= 15 is 0 Å². The standard InChI is InChI=1S/C21H16FN3OS/c1-14-5-2-9-18-19(14)24-21(27-18)25(13-15-6-4-10-23-12-15)20(26)16-7-3-8-17(22)11-16/h2-12H,13H2,1H3. The molecule has 0 fully saturated rings. The summed E-state index contributed by atoms with van der Waals surface area (Å²) in [6, 6.07) is 15.4. The lowest BCUT2D eigenvalue weighted by molar-refractivity contribution is 0.0984. The van der Waals surface area contributed by atoms with Crippen LogP contribution in [-0.4, -0.2) is 15.9 Å². The van der Waals surface area contributed by atoms with Gasteiger partial charge in [-0.15, -0.1) is 0 Å². The minimum Gasteiger partial charge on any atom is -0.279 e. The van der Waals surface area contributed by atoms with Crippen molar-refractivity contribution in [2.24, 2.45) is 0 Å². The van der Waals surface area contributed by atoms with Crippen molar-refractivity contribution >= 4 is 32.6 Å². The van der Waals surface area contributed by atoms with Crippen LogP contribution in [0.5, 0.6) is 0 Å². The zero-order valence-electron chi connectivity index (χ0n) is 14.6. The number of aryl methyl sites for hydroxylation is 1. The van der Waals surface area contributed by atoms with E-state index in [1.54, 1.807) is 23.4 Å². The van der Waals surface area contributed by atoms with Crippen molar-refractivity contribution in [3.63, 3.8) is 0 Å². The molecule has 0 aliphatic heterocycles. The van der Waals surface area contributed by atoms with Crippen molar-refractivity contribution < 1.29 is 9.18 Å². The second-order valence-electron chi connectivity index (χ2n) is 6.18. The Kier molecular flexibility index (Phi) is 4.64. The van der Waals surface area contributed by atoms with Gasteiger partial charge in [-0.3, -0.25) is 14.7 Å². The molecule has 0 radical (unpaired) electrons. The zero-order chi connectivity index (χ0) is 18.8. The number of carbonyl (C=O) groups excluding carboxylic acids is 1. The second-order valence-corrected chi connectivity index (χ2v) is 7.19. The minimum atomic E-state index is -0.442. The Hall–Kier alpha value is -3.12. The number of para-hydroxylation sites is 1. The molecule has 2 aromatic carbocycles. The smallest absolute Gasteiger partial charge is 0.260 e. The van der Waals surface area contributed by atoms with Gasteiger partial charge < -0.3 is 0 Å². The number of fused-ring (bicyclic) bond motifs is 1. The molecule has 1 amide bonds. The third-order valence-corrected chi connectivity index (χ3v) is 5.26. The lowest BCUT2D eigenvalue weighted by atomic mass is 10.2. The molecule has 0 saturated heterocycles. The molecule has 0 unspecified atom stereocenters. The lowest BCUT2D eigenvalue weighted by Crippen LogP contribution is -2.30. The summed E-state index contributed by atoms with van der Waals surface area (Å²) in [5, 5.41) is 0.581. The lowest BCUT2D eigenvalue weighted by Gasteiger charge is -2.20. The van der Waals surface area contributed by atoms with Gasteiger partial charge in [0.25, 0.3) is 5.91 Å². The van der Waals surface area contributed by atoms with Crippen LogP contribution in [0.4, 0.5) is 9.52 Å². The summed E-state index contributed by atoms with van der Waals surface area (Å²) in [4.78, 5) is 23.6. The van der Waals surface area contributed by atoms with Crippen LogP contribution in [0.25, 0.3) is 10.2 Å². The van der Waals surface area contributed by atoms with Gasteiger partial charge in [0.1, 0.15) is 5.82 Å². The highest BCUT2D eigenvalue weighted by molar-refractivity contribution is 7.22. The molecule has 2 heterocycles. The minimum absolute atomic E-state index is 0.287. The predicted molar refractivity (Wildman–Crippen MR) is 106 cm³/mol. The Morgan fingerprint density at radius 3 is 2.74 bits per heavy atom. The number of carbonyl (C=O) groups is 1. The van der Waals surface area contributed by atoms with Crippen LogP contribution in [0.1, 0.15) is 21.5 Å². The van der Waals surface area contributed by atoms with Crippen molar-refractivity contribution in [3.05, 3.63) is 89.5 Å². The Bertz CT molecular complexity index is 1110. The van der Waals surface area contributed by atoms with E-state index < -0.39 is 5.82 Å². The van der Waals surface area contributed by atoms with Crippen LogP contribution in [0, 0.1) is 12.7 Å². The SMILES string of the molecule is Cc1cccc2sc(N(Cc3cccnc3)C(=O)c3cccc(F)c3)nc12. The number of benzene rings is 2. The number of anilines is 1. The molecule has 27 heavy (non-hydrogen) atoms. The third kappa shape index (κ3) is 3.57. The molecular weight excluding hydrogens is 361 g/mol. The van der Waals surface area contributed by atoms with Crippen LogP contribution >= 0.6 is 11.3 Å². The number of aromatic nitrogens is 2. The van der Waals surface area contributed by atoms with Gasteiger partial charge in [-0.25, -0.2) is 9.37 Å². The summed E-state index contributed by atoms with van der Waals surface area (Å²) in [5.74, 6) is -0.739. The fourth-order valence-electron chi connectivity index (χ4n) is 2.87. The molecule has 0 N–H and O–H groups in total. The van der Waals surface area contributed by atoms with Crippen molar-refractivity contribution in [3.8, 4) is 0 Å². The summed E-state index contributed by atoms with van der Waals surface area (Å²) < 4.78 is 14.7. The molecule has 0 atom stereocenters. The van der Waals surface area contributed by atoms with E-state index in [-0.39, 0.29) is 11.5 Å². The van der Waals surface area contributed by atoms with E-state index in [4.69, 9.17) is 0 Å². The van der Waals surface area contributed by atoms with Crippen molar-refractivity contribution in [1.29, 1.82) is 0 Å². The van der Waals surface area contributed by atoms with Gasteiger partial charge in [0, 0.05) is 18.0 Å². The predicted octanol–water partition coefficient (Wildman–Crippen LogP) is 4.99. The quantitative estimate of drug-likeness (QED) is 0.504. The van der Waals surface area contributed by atoms with Gasteiger partial charge >= 0.3 is 0 Å².